The predicted molar refractivity (Wildman–Crippen MR) is 318 cm³/mol. The van der Waals surface area contributed by atoms with E-state index in [0.29, 0.717) is 48.4 Å². The number of nitrogens with zero attached hydrogens (tertiary/aromatic N) is 1. The third kappa shape index (κ3) is 20.6. The fourth-order valence-corrected chi connectivity index (χ4v) is 11.4. The van der Waals surface area contributed by atoms with Crippen LogP contribution in [-0.4, -0.2) is 38.6 Å². The highest BCUT2D eigenvalue weighted by molar-refractivity contribution is 5.93. The summed E-state index contributed by atoms with van der Waals surface area (Å²) < 4.78 is 33.0. The summed E-state index contributed by atoms with van der Waals surface area (Å²) in [5.74, 6) is 2.48. The van der Waals surface area contributed by atoms with Crippen LogP contribution in [0.2, 0.25) is 0 Å². The highest BCUT2D eigenvalue weighted by atomic mass is 16.5. The molecule has 0 aromatic heterocycles. The first-order valence-corrected chi connectivity index (χ1v) is 31.4. The van der Waals surface area contributed by atoms with E-state index in [0.717, 1.165) is 55.5 Å². The summed E-state index contributed by atoms with van der Waals surface area (Å²) in [7, 11) is 2.10. The van der Waals surface area contributed by atoms with E-state index in [9.17, 15) is 4.79 Å². The van der Waals surface area contributed by atoms with Crippen LogP contribution in [-0.2, 0) is 5.41 Å². The normalized spacial score (nSPS) is 15.3. The molecule has 1 atom stereocenters. The van der Waals surface area contributed by atoms with Gasteiger partial charge in [-0.1, -0.05) is 251 Å². The van der Waals surface area contributed by atoms with Gasteiger partial charge in [-0.15, -0.1) is 0 Å². The Bertz CT molecular complexity index is 1990. The third-order valence-corrected chi connectivity index (χ3v) is 16.3. The van der Waals surface area contributed by atoms with Crippen molar-refractivity contribution < 1.29 is 28.5 Å². The summed E-state index contributed by atoms with van der Waals surface area (Å²) in [6, 6.07) is 17.8. The molecule has 0 N–H and O–H groups in total. The Labute approximate surface area is 459 Å². The largest absolute Gasteiger partial charge is 0.490 e. The van der Waals surface area contributed by atoms with Crippen molar-refractivity contribution in [3.63, 3.8) is 0 Å². The number of anilines is 1. The summed E-state index contributed by atoms with van der Waals surface area (Å²) in [5.41, 5.74) is 2.67. The zero-order valence-electron chi connectivity index (χ0n) is 48.8. The van der Waals surface area contributed by atoms with Gasteiger partial charge in [0.25, 0.3) is 0 Å². The van der Waals surface area contributed by atoms with Crippen LogP contribution >= 0.6 is 0 Å². The fraction of sp³-hybridized carbons (Fsp3) is 0.691. The molecule has 0 fully saturated rings. The van der Waals surface area contributed by atoms with E-state index in [1.807, 2.05) is 30.3 Å². The lowest BCUT2D eigenvalue weighted by Crippen LogP contribution is -2.58. The highest BCUT2D eigenvalue weighted by Crippen LogP contribution is 2.54. The average Bonchev–Trinajstić information content (AvgIpc) is 3.58. The van der Waals surface area contributed by atoms with Gasteiger partial charge in [-0.05, 0) is 87.2 Å². The van der Waals surface area contributed by atoms with Crippen LogP contribution in [0, 0.1) is 0 Å². The number of rotatable bonds is 44. The van der Waals surface area contributed by atoms with Gasteiger partial charge in [0, 0.05) is 18.3 Å². The van der Waals surface area contributed by atoms with Gasteiger partial charge in [-0.2, -0.15) is 0 Å². The van der Waals surface area contributed by atoms with Gasteiger partial charge >= 0.3 is 5.97 Å². The minimum atomic E-state index is -0.689. The quantitative estimate of drug-likeness (QED) is 0.0318. The average molecular weight is 1030 g/mol. The number of fused-ring (bicyclic) bond motifs is 2. The van der Waals surface area contributed by atoms with Crippen LogP contribution < -0.4 is 28.6 Å². The first-order valence-electron chi connectivity index (χ1n) is 31.4. The Hall–Kier alpha value is -4.13. The van der Waals surface area contributed by atoms with E-state index in [4.69, 9.17) is 23.7 Å². The molecule has 7 heteroatoms. The standard InChI is InChI=1S/C68H107NO6/c1-7-10-13-16-19-22-25-28-31-34-37-42-51-71-63-55-58(66(70)74-59-47-48-62-57(54-59)49-50-68(75-62)67(4,5)60-45-40-41-46-61(60)69(68)6)56-64(72-52-43-38-35-32-29-26-23-20-17-14-11-8-2)65(63)73-53-44-39-36-33-30-27-24-21-18-15-12-9-3/h40-41,45-50,54-56H,7-39,42-44,51-53H2,1-6H3. The van der Waals surface area contributed by atoms with Crippen LogP contribution in [0.3, 0.4) is 0 Å². The Morgan fingerprint density at radius 1 is 0.493 bits per heavy atom. The lowest BCUT2D eigenvalue weighted by atomic mass is 9.76. The van der Waals surface area contributed by atoms with Gasteiger partial charge in [0.2, 0.25) is 11.5 Å². The molecule has 0 saturated heterocycles. The second-order valence-electron chi connectivity index (χ2n) is 22.9. The van der Waals surface area contributed by atoms with Crippen molar-refractivity contribution in [1.29, 1.82) is 0 Å². The van der Waals surface area contributed by atoms with Crippen LogP contribution in [0.4, 0.5) is 5.69 Å². The minimum Gasteiger partial charge on any atom is -0.490 e. The Morgan fingerprint density at radius 3 is 1.32 bits per heavy atom. The van der Waals surface area contributed by atoms with Crippen molar-refractivity contribution in [3.8, 4) is 28.7 Å². The van der Waals surface area contributed by atoms with E-state index in [2.05, 4.69) is 83.0 Å². The number of unbranched alkanes of at least 4 members (excludes halogenated alkanes) is 33. The van der Waals surface area contributed by atoms with Gasteiger partial charge in [0.15, 0.2) is 11.5 Å². The lowest BCUT2D eigenvalue weighted by Gasteiger charge is -2.45. The fourth-order valence-electron chi connectivity index (χ4n) is 11.4. The zero-order valence-corrected chi connectivity index (χ0v) is 48.8. The maximum atomic E-state index is 14.3. The van der Waals surface area contributed by atoms with Gasteiger partial charge in [-0.3, -0.25) is 0 Å². The number of hydrogen-bond donors (Lipinski definition) is 0. The van der Waals surface area contributed by atoms with E-state index < -0.39 is 11.7 Å². The summed E-state index contributed by atoms with van der Waals surface area (Å²) in [5, 5.41) is 0. The smallest absolute Gasteiger partial charge is 0.343 e. The molecule has 0 amide bonds. The molecule has 3 aromatic rings. The van der Waals surface area contributed by atoms with Crippen LogP contribution in [0.5, 0.6) is 28.7 Å². The molecule has 1 unspecified atom stereocenters. The molecule has 420 valence electrons. The molecular formula is C68H107NO6. The van der Waals surface area contributed by atoms with Gasteiger partial charge < -0.3 is 28.6 Å². The number of carbonyl (C=O) groups excluding carboxylic acids is 1. The zero-order chi connectivity index (χ0) is 53.2. The van der Waals surface area contributed by atoms with Crippen molar-refractivity contribution in [3.05, 3.63) is 77.4 Å². The highest BCUT2D eigenvalue weighted by Gasteiger charge is 2.57. The number of para-hydroxylation sites is 1. The number of hydrogen-bond acceptors (Lipinski definition) is 7. The molecule has 5 rings (SSSR count). The summed E-state index contributed by atoms with van der Waals surface area (Å²) in [6.07, 6.45) is 50.5. The molecule has 2 heterocycles. The van der Waals surface area contributed by atoms with Crippen LogP contribution in [0.1, 0.15) is 287 Å². The molecule has 0 aliphatic carbocycles. The maximum absolute atomic E-state index is 14.3. The summed E-state index contributed by atoms with van der Waals surface area (Å²) in [6.45, 7) is 13.0. The lowest BCUT2D eigenvalue weighted by molar-refractivity contribution is 0.0579. The second-order valence-corrected chi connectivity index (χ2v) is 22.9. The number of carbonyl (C=O) groups is 1. The van der Waals surface area contributed by atoms with Gasteiger partial charge in [0.1, 0.15) is 11.5 Å². The van der Waals surface area contributed by atoms with Crippen molar-refractivity contribution in [1.82, 2.24) is 0 Å². The van der Waals surface area contributed by atoms with Gasteiger partial charge in [-0.25, -0.2) is 4.79 Å². The van der Waals surface area contributed by atoms with E-state index in [1.54, 1.807) is 0 Å². The van der Waals surface area contributed by atoms with Crippen molar-refractivity contribution in [2.45, 2.75) is 277 Å². The van der Waals surface area contributed by atoms with Gasteiger partial charge in [0.05, 0.1) is 30.8 Å². The molecule has 75 heavy (non-hydrogen) atoms. The molecule has 3 aromatic carbocycles. The molecule has 0 radical (unpaired) electrons. The first kappa shape index (κ1) is 61.7. The molecular weight excluding hydrogens is 927 g/mol. The number of benzene rings is 3. The van der Waals surface area contributed by atoms with Crippen molar-refractivity contribution >= 4 is 17.7 Å². The monoisotopic (exact) mass is 1030 g/mol. The first-order chi connectivity index (χ1) is 36.8. The molecule has 7 nitrogen and oxygen atoms in total. The van der Waals surface area contributed by atoms with E-state index in [1.165, 1.54) is 198 Å². The molecule has 2 aliphatic rings. The molecule has 2 aliphatic heterocycles. The predicted octanol–water partition coefficient (Wildman–Crippen LogP) is 20.7. The minimum absolute atomic E-state index is 0.306. The van der Waals surface area contributed by atoms with Crippen LogP contribution in [0.25, 0.3) is 6.08 Å². The van der Waals surface area contributed by atoms with Crippen molar-refractivity contribution in [2.75, 3.05) is 31.8 Å². The third-order valence-electron chi connectivity index (χ3n) is 16.3. The van der Waals surface area contributed by atoms with Crippen LogP contribution in [0.15, 0.2) is 60.7 Å². The molecule has 0 saturated carbocycles. The summed E-state index contributed by atoms with van der Waals surface area (Å²) >= 11 is 0. The Balaban J connectivity index is 1.23. The maximum Gasteiger partial charge on any atom is 0.343 e. The Morgan fingerprint density at radius 2 is 0.893 bits per heavy atom. The SMILES string of the molecule is CCCCCCCCCCCCCCOc1cc(C(=O)Oc2ccc3c(c2)C=CC2(O3)N(C)c3ccccc3C2(C)C)cc(OCCCCCCCCCCCCCC)c1OCCCCCCCCCCCCCC. The molecule has 0 bridgehead atoms. The van der Waals surface area contributed by atoms with E-state index in [-0.39, 0.29) is 5.41 Å². The number of esters is 1. The number of ether oxygens (including phenoxy) is 5. The number of likely N-dealkylation sites (N-methyl/N-ethyl adjacent to an activating group) is 1. The van der Waals surface area contributed by atoms with Crippen molar-refractivity contribution in [2.24, 2.45) is 0 Å². The van der Waals surface area contributed by atoms with E-state index >= 15 is 0 Å². The molecule has 1 spiro atoms. The second kappa shape index (κ2) is 36.1. The summed E-state index contributed by atoms with van der Waals surface area (Å²) in [4.78, 5) is 16.5. The topological polar surface area (TPSA) is 66.5 Å². The Kier molecular flexibility index (Phi) is 29.7.